The molecule has 0 saturated carbocycles. The zero-order valence-electron chi connectivity index (χ0n) is 12.3. The zero-order chi connectivity index (χ0) is 16.2. The number of nitrogens with one attached hydrogen (secondary N) is 2. The van der Waals surface area contributed by atoms with Crippen LogP contribution in [0.4, 0.5) is 26.1 Å². The van der Waals surface area contributed by atoms with Gasteiger partial charge in [0.1, 0.15) is 23.2 Å². The van der Waals surface area contributed by atoms with Crippen molar-refractivity contribution in [1.82, 2.24) is 9.97 Å². The molecule has 0 amide bonds. The molecule has 3 aromatic rings. The van der Waals surface area contributed by atoms with E-state index >= 15 is 0 Å². The van der Waals surface area contributed by atoms with Crippen molar-refractivity contribution in [2.45, 2.75) is 13.5 Å². The van der Waals surface area contributed by atoms with Gasteiger partial charge in [0.05, 0.1) is 12.8 Å². The second-order valence-electron chi connectivity index (χ2n) is 4.87. The summed E-state index contributed by atoms with van der Waals surface area (Å²) >= 11 is 0. The predicted octanol–water partition coefficient (Wildman–Crippen LogP) is 4.01. The van der Waals surface area contributed by atoms with E-state index in [-0.39, 0.29) is 0 Å². The van der Waals surface area contributed by atoms with Crippen LogP contribution in [-0.2, 0) is 6.54 Å². The maximum atomic E-state index is 13.2. The first kappa shape index (κ1) is 15.0. The summed E-state index contributed by atoms with van der Waals surface area (Å²) < 4.78 is 31.4. The van der Waals surface area contributed by atoms with E-state index in [2.05, 4.69) is 20.6 Å². The molecule has 5 nitrogen and oxygen atoms in total. The van der Waals surface area contributed by atoms with Gasteiger partial charge in [-0.15, -0.1) is 0 Å². The Morgan fingerprint density at radius 1 is 1.04 bits per heavy atom. The second kappa shape index (κ2) is 6.43. The van der Waals surface area contributed by atoms with Crippen molar-refractivity contribution in [3.8, 4) is 0 Å². The van der Waals surface area contributed by atoms with Gasteiger partial charge >= 0.3 is 0 Å². The second-order valence-corrected chi connectivity index (χ2v) is 4.87. The number of aryl methyl sites for hydroxylation is 1. The van der Waals surface area contributed by atoms with Gasteiger partial charge in [-0.1, -0.05) is 0 Å². The fourth-order valence-corrected chi connectivity index (χ4v) is 2.03. The molecule has 0 aliphatic rings. The van der Waals surface area contributed by atoms with Crippen molar-refractivity contribution >= 4 is 17.3 Å². The van der Waals surface area contributed by atoms with E-state index in [0.717, 1.165) is 17.9 Å². The molecule has 0 fully saturated rings. The molecule has 2 heterocycles. The van der Waals surface area contributed by atoms with Crippen LogP contribution in [-0.4, -0.2) is 9.97 Å². The number of halogens is 2. The Morgan fingerprint density at radius 2 is 1.87 bits per heavy atom. The van der Waals surface area contributed by atoms with Crippen molar-refractivity contribution in [2.24, 2.45) is 0 Å². The third-order valence-corrected chi connectivity index (χ3v) is 3.05. The lowest BCUT2D eigenvalue weighted by atomic mass is 10.3. The Bertz CT molecular complexity index is 806. The monoisotopic (exact) mass is 316 g/mol. The summed E-state index contributed by atoms with van der Waals surface area (Å²) in [7, 11) is 0. The van der Waals surface area contributed by atoms with Crippen LogP contribution in [0, 0.1) is 18.6 Å². The van der Waals surface area contributed by atoms with Crippen molar-refractivity contribution in [3.05, 3.63) is 65.9 Å². The summed E-state index contributed by atoms with van der Waals surface area (Å²) in [5, 5.41) is 6.04. The average Bonchev–Trinajstić information content (AvgIpc) is 3.02. The van der Waals surface area contributed by atoms with E-state index in [1.54, 1.807) is 25.3 Å². The molecule has 0 atom stereocenters. The van der Waals surface area contributed by atoms with E-state index in [4.69, 9.17) is 4.42 Å². The SMILES string of the molecule is Cc1nc(NCc2ccco2)cc(Nc2ccc(F)c(F)c2)n1. The van der Waals surface area contributed by atoms with Crippen LogP contribution in [0.1, 0.15) is 11.6 Å². The van der Waals surface area contributed by atoms with Crippen LogP contribution in [0.2, 0.25) is 0 Å². The Labute approximate surface area is 131 Å². The van der Waals surface area contributed by atoms with Gasteiger partial charge in [-0.05, 0) is 31.2 Å². The predicted molar refractivity (Wildman–Crippen MR) is 82.4 cm³/mol. The maximum Gasteiger partial charge on any atom is 0.160 e. The van der Waals surface area contributed by atoms with Gasteiger partial charge in [0.2, 0.25) is 0 Å². The van der Waals surface area contributed by atoms with E-state index < -0.39 is 11.6 Å². The quantitative estimate of drug-likeness (QED) is 0.744. The van der Waals surface area contributed by atoms with Gasteiger partial charge < -0.3 is 15.1 Å². The van der Waals surface area contributed by atoms with Crippen LogP contribution in [0.25, 0.3) is 0 Å². The summed E-state index contributed by atoms with van der Waals surface area (Å²) in [4.78, 5) is 8.49. The number of hydrogen-bond donors (Lipinski definition) is 2. The van der Waals surface area contributed by atoms with Crippen molar-refractivity contribution in [1.29, 1.82) is 0 Å². The molecule has 0 bridgehead atoms. The Balaban J connectivity index is 1.75. The Morgan fingerprint density at radius 3 is 2.61 bits per heavy atom. The Kier molecular flexibility index (Phi) is 4.18. The van der Waals surface area contributed by atoms with Gasteiger partial charge in [0, 0.05) is 17.8 Å². The smallest absolute Gasteiger partial charge is 0.160 e. The third kappa shape index (κ3) is 3.82. The van der Waals surface area contributed by atoms with Gasteiger partial charge in [-0.25, -0.2) is 18.7 Å². The minimum absolute atomic E-state index is 0.402. The average molecular weight is 316 g/mol. The van der Waals surface area contributed by atoms with Crippen LogP contribution < -0.4 is 10.6 Å². The van der Waals surface area contributed by atoms with Gasteiger partial charge in [-0.2, -0.15) is 0 Å². The highest BCUT2D eigenvalue weighted by atomic mass is 19.2. The largest absolute Gasteiger partial charge is 0.467 e. The molecule has 0 radical (unpaired) electrons. The lowest BCUT2D eigenvalue weighted by molar-refractivity contribution is 0.509. The van der Waals surface area contributed by atoms with E-state index in [0.29, 0.717) is 29.7 Å². The normalized spacial score (nSPS) is 10.6. The molecule has 0 saturated heterocycles. The molecular formula is C16H14F2N4O. The summed E-state index contributed by atoms with van der Waals surface area (Å²) in [6, 6.07) is 8.90. The summed E-state index contributed by atoms with van der Waals surface area (Å²) in [6.07, 6.45) is 1.60. The fourth-order valence-electron chi connectivity index (χ4n) is 2.03. The lowest BCUT2D eigenvalue weighted by Crippen LogP contribution is -2.04. The molecule has 1 aromatic carbocycles. The fraction of sp³-hybridized carbons (Fsp3) is 0.125. The molecule has 0 aliphatic carbocycles. The van der Waals surface area contributed by atoms with Gasteiger partial charge in [-0.3, -0.25) is 0 Å². The molecule has 0 spiro atoms. The third-order valence-electron chi connectivity index (χ3n) is 3.05. The molecule has 118 valence electrons. The number of anilines is 3. The highest BCUT2D eigenvalue weighted by Gasteiger charge is 2.06. The summed E-state index contributed by atoms with van der Waals surface area (Å²) in [5.41, 5.74) is 0.402. The number of nitrogens with zero attached hydrogens (tertiary/aromatic N) is 2. The van der Waals surface area contributed by atoms with Gasteiger partial charge in [0.25, 0.3) is 0 Å². The number of rotatable bonds is 5. The Hall–Kier alpha value is -2.96. The molecule has 23 heavy (non-hydrogen) atoms. The summed E-state index contributed by atoms with van der Waals surface area (Å²) in [5.74, 6) is 0.576. The standard InChI is InChI=1S/C16H14F2N4O/c1-10-20-15(19-9-12-3-2-6-23-12)8-16(21-10)22-11-4-5-13(17)14(18)7-11/h2-8H,9H2,1H3,(H2,19,20,21,22). The number of hydrogen-bond acceptors (Lipinski definition) is 5. The van der Waals surface area contributed by atoms with Crippen LogP contribution in [0.5, 0.6) is 0 Å². The highest BCUT2D eigenvalue weighted by Crippen LogP contribution is 2.20. The van der Waals surface area contributed by atoms with E-state index in [9.17, 15) is 8.78 Å². The minimum atomic E-state index is -0.919. The maximum absolute atomic E-state index is 13.2. The molecule has 0 unspecified atom stereocenters. The topological polar surface area (TPSA) is 63.0 Å². The molecule has 7 heteroatoms. The van der Waals surface area contributed by atoms with Crippen LogP contribution >= 0.6 is 0 Å². The van der Waals surface area contributed by atoms with Crippen molar-refractivity contribution in [2.75, 3.05) is 10.6 Å². The minimum Gasteiger partial charge on any atom is -0.467 e. The molecular weight excluding hydrogens is 302 g/mol. The summed E-state index contributed by atoms with van der Waals surface area (Å²) in [6.45, 7) is 2.22. The van der Waals surface area contributed by atoms with Gasteiger partial charge in [0.15, 0.2) is 11.6 Å². The number of furan rings is 1. The first-order valence-electron chi connectivity index (χ1n) is 6.94. The highest BCUT2D eigenvalue weighted by molar-refractivity contribution is 5.59. The zero-order valence-corrected chi connectivity index (χ0v) is 12.3. The van der Waals surface area contributed by atoms with Crippen molar-refractivity contribution in [3.63, 3.8) is 0 Å². The molecule has 2 aromatic heterocycles. The van der Waals surface area contributed by atoms with E-state index in [1.165, 1.54) is 6.07 Å². The first-order chi connectivity index (χ1) is 11.1. The lowest BCUT2D eigenvalue weighted by Gasteiger charge is -2.10. The number of benzene rings is 1. The molecule has 0 aliphatic heterocycles. The van der Waals surface area contributed by atoms with Crippen LogP contribution in [0.15, 0.2) is 47.1 Å². The number of aromatic nitrogens is 2. The van der Waals surface area contributed by atoms with E-state index in [1.807, 2.05) is 6.07 Å². The molecule has 3 rings (SSSR count). The first-order valence-corrected chi connectivity index (χ1v) is 6.94. The van der Waals surface area contributed by atoms with Crippen LogP contribution in [0.3, 0.4) is 0 Å². The van der Waals surface area contributed by atoms with Crippen molar-refractivity contribution < 1.29 is 13.2 Å². The molecule has 2 N–H and O–H groups in total.